The third-order valence-electron chi connectivity index (χ3n) is 7.03. The zero-order chi connectivity index (χ0) is 27.3. The van der Waals surface area contributed by atoms with Gasteiger partial charge in [-0.05, 0) is 84.9 Å². The monoisotopic (exact) mass is 590 g/mol. The number of allylic oxidation sites excluding steroid dienone is 1. The molecule has 0 unspecified atom stereocenters. The molecule has 0 N–H and O–H groups in total. The summed E-state index contributed by atoms with van der Waals surface area (Å²) >= 11 is 5.15. The van der Waals surface area contributed by atoms with Gasteiger partial charge in [0, 0.05) is 21.1 Å². The lowest BCUT2D eigenvalue weighted by Gasteiger charge is -2.33. The highest BCUT2D eigenvalue weighted by Gasteiger charge is 2.32. The Kier molecular flexibility index (Phi) is 9.12. The lowest BCUT2D eigenvalue weighted by molar-refractivity contribution is 0.218. The third-order valence-corrected chi connectivity index (χ3v) is 8.72. The first kappa shape index (κ1) is 28.1. The van der Waals surface area contributed by atoms with E-state index in [1.54, 1.807) is 11.3 Å². The SMILES string of the molecule is C=CCc1cc(C=Nc2sc3c(c2C#N)CC[C@@H](C(C)(C)C)C3)cc(OCC)c1OCc1ccc(Br)cc1. The maximum Gasteiger partial charge on any atom is 0.165 e. The summed E-state index contributed by atoms with van der Waals surface area (Å²) in [5, 5.41) is 10.7. The van der Waals surface area contributed by atoms with Crippen LogP contribution in [0.15, 0.2) is 58.5 Å². The molecule has 38 heavy (non-hydrogen) atoms. The summed E-state index contributed by atoms with van der Waals surface area (Å²) in [4.78, 5) is 6.14. The Bertz CT molecular complexity index is 1360. The van der Waals surface area contributed by atoms with Gasteiger partial charge >= 0.3 is 0 Å². The minimum Gasteiger partial charge on any atom is -0.490 e. The summed E-state index contributed by atoms with van der Waals surface area (Å²) in [5.74, 6) is 2.03. The molecule has 0 amide bonds. The van der Waals surface area contributed by atoms with Gasteiger partial charge < -0.3 is 9.47 Å². The fourth-order valence-electron chi connectivity index (χ4n) is 4.88. The lowest BCUT2D eigenvalue weighted by atomic mass is 9.72. The van der Waals surface area contributed by atoms with Gasteiger partial charge in [-0.15, -0.1) is 17.9 Å². The number of aliphatic imine (C=N–C) groups is 1. The molecule has 4 nitrogen and oxygen atoms in total. The number of nitriles is 1. The number of hydrogen-bond acceptors (Lipinski definition) is 5. The minimum absolute atomic E-state index is 0.260. The van der Waals surface area contributed by atoms with Gasteiger partial charge in [-0.1, -0.05) is 54.9 Å². The molecule has 1 aliphatic carbocycles. The van der Waals surface area contributed by atoms with Crippen LogP contribution in [-0.4, -0.2) is 12.8 Å². The van der Waals surface area contributed by atoms with Crippen LogP contribution < -0.4 is 9.47 Å². The van der Waals surface area contributed by atoms with Crippen molar-refractivity contribution in [1.29, 1.82) is 5.26 Å². The number of ether oxygens (including phenoxy) is 2. The second-order valence-electron chi connectivity index (χ2n) is 10.7. The van der Waals surface area contributed by atoms with Gasteiger partial charge in [-0.25, -0.2) is 4.99 Å². The van der Waals surface area contributed by atoms with E-state index in [0.717, 1.165) is 56.7 Å². The highest BCUT2D eigenvalue weighted by Crippen LogP contribution is 2.45. The fourth-order valence-corrected chi connectivity index (χ4v) is 6.36. The highest BCUT2D eigenvalue weighted by molar-refractivity contribution is 9.10. The van der Waals surface area contributed by atoms with Crippen molar-refractivity contribution in [3.63, 3.8) is 0 Å². The van der Waals surface area contributed by atoms with E-state index in [9.17, 15) is 5.26 Å². The molecule has 6 heteroatoms. The van der Waals surface area contributed by atoms with Crippen LogP contribution in [0, 0.1) is 22.7 Å². The number of nitrogens with zero attached hydrogens (tertiary/aromatic N) is 2. The van der Waals surface area contributed by atoms with Gasteiger partial charge in [0.15, 0.2) is 11.5 Å². The van der Waals surface area contributed by atoms with Crippen molar-refractivity contribution in [2.45, 2.75) is 60.0 Å². The minimum atomic E-state index is 0.260. The molecular weight excluding hydrogens is 556 g/mol. The molecule has 2 aromatic carbocycles. The van der Waals surface area contributed by atoms with Crippen LogP contribution in [0.1, 0.15) is 66.8 Å². The second kappa shape index (κ2) is 12.3. The van der Waals surface area contributed by atoms with E-state index in [0.29, 0.717) is 31.3 Å². The largest absolute Gasteiger partial charge is 0.490 e. The Morgan fingerprint density at radius 2 is 1.97 bits per heavy atom. The van der Waals surface area contributed by atoms with Gasteiger partial charge in [0.25, 0.3) is 0 Å². The van der Waals surface area contributed by atoms with E-state index in [2.05, 4.69) is 55.4 Å². The van der Waals surface area contributed by atoms with Gasteiger partial charge in [0.1, 0.15) is 17.7 Å². The van der Waals surface area contributed by atoms with E-state index in [-0.39, 0.29) is 5.41 Å². The first-order valence-electron chi connectivity index (χ1n) is 13.1. The highest BCUT2D eigenvalue weighted by atomic mass is 79.9. The molecule has 0 spiro atoms. The summed E-state index contributed by atoms with van der Waals surface area (Å²) in [6, 6.07) is 14.6. The number of halogens is 1. The fraction of sp³-hybridized carbons (Fsp3) is 0.375. The molecule has 0 saturated heterocycles. The zero-order valence-corrected chi connectivity index (χ0v) is 25.0. The molecule has 0 bridgehead atoms. The molecule has 3 aromatic rings. The summed E-state index contributed by atoms with van der Waals surface area (Å²) in [6.45, 7) is 13.8. The predicted molar refractivity (Wildman–Crippen MR) is 161 cm³/mol. The van der Waals surface area contributed by atoms with Crippen LogP contribution in [-0.2, 0) is 25.9 Å². The van der Waals surface area contributed by atoms with Crippen molar-refractivity contribution in [3.05, 3.63) is 86.2 Å². The first-order valence-corrected chi connectivity index (χ1v) is 14.7. The smallest absolute Gasteiger partial charge is 0.165 e. The summed E-state index contributed by atoms with van der Waals surface area (Å²) < 4.78 is 13.3. The number of benzene rings is 2. The molecule has 1 heterocycles. The van der Waals surface area contributed by atoms with Crippen molar-refractivity contribution >= 4 is 38.5 Å². The summed E-state index contributed by atoms with van der Waals surface area (Å²) in [6.07, 6.45) is 7.45. The van der Waals surface area contributed by atoms with E-state index >= 15 is 0 Å². The van der Waals surface area contributed by atoms with Crippen molar-refractivity contribution in [2.75, 3.05) is 6.61 Å². The predicted octanol–water partition coefficient (Wildman–Crippen LogP) is 8.99. The average molecular weight is 592 g/mol. The van der Waals surface area contributed by atoms with Gasteiger partial charge in [0.05, 0.1) is 12.2 Å². The zero-order valence-electron chi connectivity index (χ0n) is 22.6. The Balaban J connectivity index is 1.63. The van der Waals surface area contributed by atoms with Gasteiger partial charge in [-0.3, -0.25) is 0 Å². The van der Waals surface area contributed by atoms with E-state index in [1.165, 1.54) is 10.4 Å². The van der Waals surface area contributed by atoms with E-state index in [4.69, 9.17) is 14.5 Å². The molecule has 0 fully saturated rings. The van der Waals surface area contributed by atoms with Crippen molar-refractivity contribution in [1.82, 2.24) is 0 Å². The maximum absolute atomic E-state index is 9.95. The average Bonchev–Trinajstić information content (AvgIpc) is 3.24. The number of hydrogen-bond donors (Lipinski definition) is 0. The van der Waals surface area contributed by atoms with Crippen LogP contribution >= 0.6 is 27.3 Å². The van der Waals surface area contributed by atoms with Crippen LogP contribution in [0.25, 0.3) is 0 Å². The molecule has 198 valence electrons. The van der Waals surface area contributed by atoms with E-state index in [1.807, 2.05) is 49.5 Å². The Hall–Kier alpha value is -2.88. The van der Waals surface area contributed by atoms with Crippen LogP contribution in [0.3, 0.4) is 0 Å². The lowest BCUT2D eigenvalue weighted by Crippen LogP contribution is -2.26. The second-order valence-corrected chi connectivity index (χ2v) is 12.7. The molecule has 1 atom stereocenters. The normalized spacial score (nSPS) is 15.2. The van der Waals surface area contributed by atoms with Crippen LogP contribution in [0.5, 0.6) is 11.5 Å². The van der Waals surface area contributed by atoms with Crippen molar-refractivity contribution < 1.29 is 9.47 Å². The molecule has 0 aliphatic heterocycles. The molecule has 1 aromatic heterocycles. The first-order chi connectivity index (χ1) is 18.2. The number of fused-ring (bicyclic) bond motifs is 1. The standard InChI is InChI=1S/C32H35BrN2O2S/c1-6-8-23-15-22(16-28(36-7-2)30(23)37-20-21-9-12-25(33)13-10-21)19-35-31-27(18-34)26-14-11-24(32(3,4)5)17-29(26)38-31/h6,9-10,12-13,15-16,19,24H,1,7-8,11,14,17,20H2,2-5H3/t24-/m1/s1. The quantitative estimate of drug-likeness (QED) is 0.184. The molecule has 0 radical (unpaired) electrons. The Labute approximate surface area is 239 Å². The molecule has 1 aliphatic rings. The topological polar surface area (TPSA) is 54.6 Å². The van der Waals surface area contributed by atoms with Gasteiger partial charge in [0.2, 0.25) is 0 Å². The molecule has 0 saturated carbocycles. The maximum atomic E-state index is 9.95. The number of thiophene rings is 1. The van der Waals surface area contributed by atoms with Crippen LogP contribution in [0.4, 0.5) is 5.00 Å². The third kappa shape index (κ3) is 6.57. The Morgan fingerprint density at radius 1 is 1.21 bits per heavy atom. The van der Waals surface area contributed by atoms with Gasteiger partial charge in [-0.2, -0.15) is 5.26 Å². The van der Waals surface area contributed by atoms with Crippen LogP contribution in [0.2, 0.25) is 0 Å². The molecular formula is C32H35BrN2O2S. The summed E-state index contributed by atoms with van der Waals surface area (Å²) in [5.41, 5.74) is 5.16. The number of rotatable bonds is 9. The van der Waals surface area contributed by atoms with Crippen molar-refractivity contribution in [3.8, 4) is 17.6 Å². The Morgan fingerprint density at radius 3 is 2.63 bits per heavy atom. The summed E-state index contributed by atoms with van der Waals surface area (Å²) in [7, 11) is 0. The molecule has 4 rings (SSSR count). The van der Waals surface area contributed by atoms with E-state index < -0.39 is 0 Å². The van der Waals surface area contributed by atoms with Crippen molar-refractivity contribution in [2.24, 2.45) is 16.3 Å².